The van der Waals surface area contributed by atoms with Gasteiger partial charge in [-0.25, -0.2) is 4.79 Å². The highest BCUT2D eigenvalue weighted by molar-refractivity contribution is 5.91. The van der Waals surface area contributed by atoms with Gasteiger partial charge in [-0.2, -0.15) is 0 Å². The first-order chi connectivity index (χ1) is 6.56. The maximum Gasteiger partial charge on any atom is 0.337 e. The molecule has 0 saturated heterocycles. The third kappa shape index (κ3) is 1.93. The van der Waals surface area contributed by atoms with E-state index in [9.17, 15) is 4.79 Å². The van der Waals surface area contributed by atoms with E-state index in [1.165, 1.54) is 7.11 Å². The third-order valence-electron chi connectivity index (χ3n) is 1.93. The zero-order valence-corrected chi connectivity index (χ0v) is 8.33. The van der Waals surface area contributed by atoms with Gasteiger partial charge in [0.25, 0.3) is 0 Å². The average molecular weight is 191 g/mol. The normalized spacial score (nSPS) is 9.57. The maximum atomic E-state index is 11.2. The van der Waals surface area contributed by atoms with E-state index in [-0.39, 0.29) is 5.97 Å². The number of nitrogen functional groups attached to an aromatic ring is 1. The van der Waals surface area contributed by atoms with Crippen molar-refractivity contribution in [1.82, 2.24) is 0 Å². The van der Waals surface area contributed by atoms with E-state index in [0.717, 1.165) is 11.1 Å². The number of carbonyl (C=O) groups excluding carboxylic acids is 1. The molecule has 1 aromatic rings. The van der Waals surface area contributed by atoms with E-state index >= 15 is 0 Å². The van der Waals surface area contributed by atoms with Crippen LogP contribution in [0.25, 0.3) is 5.57 Å². The molecule has 3 nitrogen and oxygen atoms in total. The molecule has 0 aliphatic rings. The Hall–Kier alpha value is -1.77. The summed E-state index contributed by atoms with van der Waals surface area (Å²) in [5.41, 5.74) is 8.43. The van der Waals surface area contributed by atoms with Crippen LogP contribution in [-0.4, -0.2) is 13.1 Å². The number of esters is 1. The fourth-order valence-corrected chi connectivity index (χ4v) is 1.17. The lowest BCUT2D eigenvalue weighted by molar-refractivity contribution is 0.0601. The average Bonchev–Trinajstić information content (AvgIpc) is 2.17. The largest absolute Gasteiger partial charge is 0.465 e. The maximum absolute atomic E-state index is 11.2. The Kier molecular flexibility index (Phi) is 2.92. The SMILES string of the molecule is C=C(C)c1cc(C(=O)OC)ccc1N. The van der Waals surface area contributed by atoms with Crippen molar-refractivity contribution < 1.29 is 9.53 Å². The highest BCUT2D eigenvalue weighted by Gasteiger charge is 2.08. The Bertz CT molecular complexity index is 383. The monoisotopic (exact) mass is 191 g/mol. The fraction of sp³-hybridized carbons (Fsp3) is 0.182. The quantitative estimate of drug-likeness (QED) is 0.575. The summed E-state index contributed by atoms with van der Waals surface area (Å²) in [5, 5.41) is 0. The molecule has 0 radical (unpaired) electrons. The van der Waals surface area contributed by atoms with Crippen molar-refractivity contribution in [3.63, 3.8) is 0 Å². The molecule has 0 fully saturated rings. The molecule has 1 rings (SSSR count). The molecule has 0 unspecified atom stereocenters. The van der Waals surface area contributed by atoms with Gasteiger partial charge in [0.05, 0.1) is 12.7 Å². The van der Waals surface area contributed by atoms with E-state index in [1.54, 1.807) is 18.2 Å². The molecule has 0 spiro atoms. The third-order valence-corrected chi connectivity index (χ3v) is 1.93. The first kappa shape index (κ1) is 10.3. The summed E-state index contributed by atoms with van der Waals surface area (Å²) >= 11 is 0. The van der Waals surface area contributed by atoms with Crippen LogP contribution in [0, 0.1) is 0 Å². The van der Waals surface area contributed by atoms with Crippen LogP contribution in [-0.2, 0) is 4.74 Å². The van der Waals surface area contributed by atoms with Crippen LogP contribution >= 0.6 is 0 Å². The van der Waals surface area contributed by atoms with Crippen LogP contribution in [0.3, 0.4) is 0 Å². The number of benzene rings is 1. The van der Waals surface area contributed by atoms with E-state index in [4.69, 9.17) is 5.73 Å². The molecule has 0 heterocycles. The first-order valence-corrected chi connectivity index (χ1v) is 4.20. The highest BCUT2D eigenvalue weighted by atomic mass is 16.5. The van der Waals surface area contributed by atoms with E-state index in [2.05, 4.69) is 11.3 Å². The number of anilines is 1. The molecule has 0 aliphatic heterocycles. The van der Waals surface area contributed by atoms with Crippen LogP contribution in [0.2, 0.25) is 0 Å². The van der Waals surface area contributed by atoms with Crippen LogP contribution < -0.4 is 5.73 Å². The van der Waals surface area contributed by atoms with Gasteiger partial charge in [-0.15, -0.1) is 0 Å². The Balaban J connectivity index is 3.19. The van der Waals surface area contributed by atoms with Gasteiger partial charge < -0.3 is 10.5 Å². The van der Waals surface area contributed by atoms with Crippen molar-refractivity contribution >= 4 is 17.2 Å². The van der Waals surface area contributed by atoms with Gasteiger partial charge in [-0.3, -0.25) is 0 Å². The number of hydrogen-bond acceptors (Lipinski definition) is 3. The fourth-order valence-electron chi connectivity index (χ4n) is 1.17. The molecule has 1 aromatic carbocycles. The lowest BCUT2D eigenvalue weighted by Crippen LogP contribution is -2.03. The molecule has 0 amide bonds. The second kappa shape index (κ2) is 3.96. The summed E-state index contributed by atoms with van der Waals surface area (Å²) in [6.45, 7) is 5.62. The predicted molar refractivity (Wildman–Crippen MR) is 56.9 cm³/mol. The number of rotatable bonds is 2. The summed E-state index contributed by atoms with van der Waals surface area (Å²) in [6, 6.07) is 4.99. The van der Waals surface area contributed by atoms with Gasteiger partial charge in [0.2, 0.25) is 0 Å². The zero-order chi connectivity index (χ0) is 10.7. The van der Waals surface area contributed by atoms with Gasteiger partial charge >= 0.3 is 5.97 Å². The standard InChI is InChI=1S/C11H13NO2/c1-7(2)9-6-8(11(13)14-3)4-5-10(9)12/h4-6H,1,12H2,2-3H3. The molecule has 2 N–H and O–H groups in total. The molecule has 0 aliphatic carbocycles. The first-order valence-electron chi connectivity index (χ1n) is 4.20. The van der Waals surface area contributed by atoms with Gasteiger partial charge in [0.1, 0.15) is 0 Å². The van der Waals surface area contributed by atoms with Crippen molar-refractivity contribution in [3.05, 3.63) is 35.9 Å². The van der Waals surface area contributed by atoms with E-state index in [1.807, 2.05) is 6.92 Å². The minimum Gasteiger partial charge on any atom is -0.465 e. The molecule has 0 saturated carbocycles. The zero-order valence-electron chi connectivity index (χ0n) is 8.33. The van der Waals surface area contributed by atoms with Crippen LogP contribution in [0.5, 0.6) is 0 Å². The minimum atomic E-state index is -0.368. The lowest BCUT2D eigenvalue weighted by atomic mass is 10.0. The summed E-state index contributed by atoms with van der Waals surface area (Å²) in [5.74, 6) is -0.368. The van der Waals surface area contributed by atoms with Gasteiger partial charge in [0, 0.05) is 11.3 Å². The van der Waals surface area contributed by atoms with Crippen LogP contribution in [0.15, 0.2) is 24.8 Å². The second-order valence-corrected chi connectivity index (χ2v) is 3.07. The number of nitrogens with two attached hydrogens (primary N) is 1. The Morgan fingerprint density at radius 1 is 1.50 bits per heavy atom. The number of carbonyl (C=O) groups is 1. The van der Waals surface area contributed by atoms with Crippen molar-refractivity contribution in [2.45, 2.75) is 6.92 Å². The van der Waals surface area contributed by atoms with Gasteiger partial charge in [-0.1, -0.05) is 6.58 Å². The lowest BCUT2D eigenvalue weighted by Gasteiger charge is -2.06. The van der Waals surface area contributed by atoms with Gasteiger partial charge in [-0.05, 0) is 30.7 Å². The van der Waals surface area contributed by atoms with Crippen molar-refractivity contribution in [1.29, 1.82) is 0 Å². The van der Waals surface area contributed by atoms with Crippen molar-refractivity contribution in [2.24, 2.45) is 0 Å². The smallest absolute Gasteiger partial charge is 0.337 e. The van der Waals surface area contributed by atoms with Gasteiger partial charge in [0.15, 0.2) is 0 Å². The van der Waals surface area contributed by atoms with E-state index in [0.29, 0.717) is 11.3 Å². The molecule has 3 heteroatoms. The molecule has 0 aromatic heterocycles. The molecule has 0 atom stereocenters. The Labute approximate surface area is 83.2 Å². The second-order valence-electron chi connectivity index (χ2n) is 3.07. The van der Waals surface area contributed by atoms with Crippen LogP contribution in [0.4, 0.5) is 5.69 Å². The molecule has 0 bridgehead atoms. The Morgan fingerprint density at radius 2 is 2.14 bits per heavy atom. The summed E-state index contributed by atoms with van der Waals surface area (Å²) in [7, 11) is 1.35. The number of allylic oxidation sites excluding steroid dienone is 1. The number of ether oxygens (including phenoxy) is 1. The molecule has 74 valence electrons. The van der Waals surface area contributed by atoms with E-state index < -0.39 is 0 Å². The predicted octanol–water partition coefficient (Wildman–Crippen LogP) is 2.09. The molecule has 14 heavy (non-hydrogen) atoms. The molecular formula is C11H13NO2. The molecular weight excluding hydrogens is 178 g/mol. The summed E-state index contributed by atoms with van der Waals surface area (Å²) in [4.78, 5) is 11.2. The highest BCUT2D eigenvalue weighted by Crippen LogP contribution is 2.21. The Morgan fingerprint density at radius 3 is 2.64 bits per heavy atom. The van der Waals surface area contributed by atoms with Crippen LogP contribution in [0.1, 0.15) is 22.8 Å². The summed E-state index contributed by atoms with van der Waals surface area (Å²) in [6.07, 6.45) is 0. The van der Waals surface area contributed by atoms with Crippen molar-refractivity contribution in [3.8, 4) is 0 Å². The number of methoxy groups -OCH3 is 1. The minimum absolute atomic E-state index is 0.368. The number of hydrogen-bond donors (Lipinski definition) is 1. The topological polar surface area (TPSA) is 52.3 Å². The summed E-state index contributed by atoms with van der Waals surface area (Å²) < 4.78 is 4.60. The van der Waals surface area contributed by atoms with Crippen molar-refractivity contribution in [2.75, 3.05) is 12.8 Å².